The zero-order valence-electron chi connectivity index (χ0n) is 6.19. The van der Waals surface area contributed by atoms with Crippen molar-refractivity contribution in [1.82, 2.24) is 14.1 Å². The summed E-state index contributed by atoms with van der Waals surface area (Å²) in [6.07, 6.45) is 1.49. The molecule has 4 nitrogen and oxygen atoms in total. The van der Waals surface area contributed by atoms with E-state index in [0.29, 0.717) is 11.7 Å². The maximum absolute atomic E-state index is 11.3. The highest BCUT2D eigenvalue weighted by Gasteiger charge is 2.21. The van der Waals surface area contributed by atoms with Crippen LogP contribution < -0.4 is 5.32 Å². The number of nitrogens with one attached hydrogen (secondary N) is 1. The summed E-state index contributed by atoms with van der Waals surface area (Å²) >= 11 is 2.89. The molecule has 0 spiro atoms. The number of hydrogen-bond donors (Lipinski definition) is 1. The second-order valence-corrected chi connectivity index (χ2v) is 4.13. The van der Waals surface area contributed by atoms with Crippen molar-refractivity contribution in [2.45, 2.75) is 6.04 Å². The minimum absolute atomic E-state index is 0.103. The van der Waals surface area contributed by atoms with Gasteiger partial charge in [0.25, 0.3) is 5.91 Å². The average molecular weight is 201 g/mol. The van der Waals surface area contributed by atoms with Crippen LogP contribution >= 0.6 is 23.5 Å². The van der Waals surface area contributed by atoms with E-state index < -0.39 is 0 Å². The van der Waals surface area contributed by atoms with E-state index in [2.05, 4.69) is 14.1 Å². The predicted octanol–water partition coefficient (Wildman–Crippen LogP) is 0.383. The van der Waals surface area contributed by atoms with Crippen LogP contribution in [0.15, 0.2) is 6.20 Å². The molecule has 2 rings (SSSR count). The molecule has 0 aliphatic carbocycles. The number of nitrogens with zero attached hydrogens (tertiary/aromatic N) is 2. The van der Waals surface area contributed by atoms with Gasteiger partial charge in [0.05, 0.1) is 17.9 Å². The van der Waals surface area contributed by atoms with Crippen molar-refractivity contribution in [2.75, 3.05) is 11.5 Å². The highest BCUT2D eigenvalue weighted by atomic mass is 32.2. The van der Waals surface area contributed by atoms with Gasteiger partial charge >= 0.3 is 0 Å². The summed E-state index contributed by atoms with van der Waals surface area (Å²) in [5, 5.41) is 2.86. The Labute approximate surface area is 78.1 Å². The molecule has 0 aromatic carbocycles. The molecule has 1 aliphatic heterocycles. The van der Waals surface area contributed by atoms with Crippen LogP contribution in [0, 0.1) is 0 Å². The van der Waals surface area contributed by atoms with Crippen LogP contribution in [-0.2, 0) is 0 Å². The first-order chi connectivity index (χ1) is 5.86. The topological polar surface area (TPSA) is 54.9 Å². The van der Waals surface area contributed by atoms with Gasteiger partial charge in [-0.2, -0.15) is 20.5 Å². The van der Waals surface area contributed by atoms with Crippen LogP contribution in [0.25, 0.3) is 0 Å². The number of hydrogen-bond acceptors (Lipinski definition) is 5. The van der Waals surface area contributed by atoms with E-state index >= 15 is 0 Å². The zero-order valence-corrected chi connectivity index (χ0v) is 7.82. The molecule has 6 heteroatoms. The van der Waals surface area contributed by atoms with Crippen molar-refractivity contribution >= 4 is 29.4 Å². The molecule has 0 unspecified atom stereocenters. The molecule has 2 heterocycles. The molecule has 1 fully saturated rings. The Morgan fingerprint density at radius 3 is 3.00 bits per heavy atom. The molecule has 1 aromatic heterocycles. The highest BCUT2D eigenvalue weighted by Crippen LogP contribution is 2.17. The molecule has 1 saturated heterocycles. The van der Waals surface area contributed by atoms with E-state index in [1.54, 1.807) is 0 Å². The normalized spacial score (nSPS) is 17.0. The maximum atomic E-state index is 11.3. The number of aromatic nitrogens is 2. The molecule has 0 bridgehead atoms. The smallest absolute Gasteiger partial charge is 0.272 e. The lowest BCUT2D eigenvalue weighted by atomic mass is 10.3. The van der Waals surface area contributed by atoms with Gasteiger partial charge in [0.1, 0.15) is 0 Å². The molecule has 1 N–H and O–H groups in total. The second kappa shape index (κ2) is 3.40. The Morgan fingerprint density at radius 1 is 1.67 bits per heavy atom. The zero-order chi connectivity index (χ0) is 8.39. The van der Waals surface area contributed by atoms with Crippen LogP contribution in [-0.4, -0.2) is 32.2 Å². The van der Waals surface area contributed by atoms with Crippen molar-refractivity contribution < 1.29 is 4.79 Å². The van der Waals surface area contributed by atoms with Gasteiger partial charge in [-0.1, -0.05) is 0 Å². The van der Waals surface area contributed by atoms with Crippen LogP contribution in [0.3, 0.4) is 0 Å². The number of rotatable bonds is 2. The fourth-order valence-corrected chi connectivity index (χ4v) is 1.89. The second-order valence-electron chi connectivity index (χ2n) is 2.50. The van der Waals surface area contributed by atoms with E-state index in [1.165, 1.54) is 6.20 Å². The van der Waals surface area contributed by atoms with Crippen LogP contribution in [0.2, 0.25) is 0 Å². The first-order valence-corrected chi connectivity index (χ1v) is 5.41. The molecule has 1 aromatic rings. The largest absolute Gasteiger partial charge is 0.346 e. The number of thioether (sulfide) groups is 1. The summed E-state index contributed by atoms with van der Waals surface area (Å²) in [5.41, 5.74) is 0.428. The van der Waals surface area contributed by atoms with Gasteiger partial charge in [-0.05, 0) is 0 Å². The molecule has 1 amide bonds. The Balaban J connectivity index is 1.92. The first-order valence-electron chi connectivity index (χ1n) is 3.52. The molecular formula is C6H7N3OS2. The van der Waals surface area contributed by atoms with Gasteiger partial charge in [0, 0.05) is 17.5 Å². The summed E-state index contributed by atoms with van der Waals surface area (Å²) < 4.78 is 7.60. The first kappa shape index (κ1) is 8.00. The Hall–Kier alpha value is -0.620. The number of amides is 1. The third-order valence-corrected chi connectivity index (χ3v) is 3.32. The van der Waals surface area contributed by atoms with E-state index in [4.69, 9.17) is 0 Å². The lowest BCUT2D eigenvalue weighted by Crippen LogP contribution is -2.43. The van der Waals surface area contributed by atoms with Gasteiger partial charge in [0.15, 0.2) is 5.69 Å². The minimum atomic E-state index is -0.103. The fraction of sp³-hybridized carbons (Fsp3) is 0.500. The number of carbonyl (C=O) groups excluding carboxylic acids is 1. The van der Waals surface area contributed by atoms with Crippen molar-refractivity contribution in [1.29, 1.82) is 0 Å². The lowest BCUT2D eigenvalue weighted by Gasteiger charge is -2.25. The molecule has 0 saturated carbocycles. The van der Waals surface area contributed by atoms with Crippen molar-refractivity contribution in [3.05, 3.63) is 11.9 Å². The molecule has 0 atom stereocenters. The quantitative estimate of drug-likeness (QED) is 0.751. The molecule has 0 radical (unpaired) electrons. The average Bonchev–Trinajstić information content (AvgIpc) is 2.47. The van der Waals surface area contributed by atoms with Crippen molar-refractivity contribution in [3.8, 4) is 0 Å². The SMILES string of the molecule is O=C(NC1CSC1)c1cnsn1. The number of carbonyl (C=O) groups is 1. The van der Waals surface area contributed by atoms with E-state index in [9.17, 15) is 4.79 Å². The van der Waals surface area contributed by atoms with E-state index in [0.717, 1.165) is 23.2 Å². The third-order valence-electron chi connectivity index (χ3n) is 1.57. The highest BCUT2D eigenvalue weighted by molar-refractivity contribution is 8.00. The maximum Gasteiger partial charge on any atom is 0.272 e. The van der Waals surface area contributed by atoms with Crippen LogP contribution in [0.5, 0.6) is 0 Å². The Kier molecular flexibility index (Phi) is 2.27. The van der Waals surface area contributed by atoms with Gasteiger partial charge in [-0.15, -0.1) is 0 Å². The third kappa shape index (κ3) is 1.59. The molecule has 64 valence electrons. The van der Waals surface area contributed by atoms with Gasteiger partial charge in [-0.3, -0.25) is 4.79 Å². The monoisotopic (exact) mass is 201 g/mol. The van der Waals surface area contributed by atoms with Crippen LogP contribution in [0.1, 0.15) is 10.5 Å². The van der Waals surface area contributed by atoms with Gasteiger partial charge < -0.3 is 5.32 Å². The molecule has 1 aliphatic rings. The summed E-state index contributed by atoms with van der Waals surface area (Å²) in [7, 11) is 0. The molecular weight excluding hydrogens is 194 g/mol. The summed E-state index contributed by atoms with van der Waals surface area (Å²) in [5.74, 6) is 1.93. The Bertz CT molecular complexity index is 270. The lowest BCUT2D eigenvalue weighted by molar-refractivity contribution is 0.0938. The summed E-state index contributed by atoms with van der Waals surface area (Å²) in [6, 6.07) is 0.337. The van der Waals surface area contributed by atoms with E-state index in [-0.39, 0.29) is 5.91 Å². The van der Waals surface area contributed by atoms with Gasteiger partial charge in [0.2, 0.25) is 0 Å². The Morgan fingerprint density at radius 2 is 2.50 bits per heavy atom. The fourth-order valence-electron chi connectivity index (χ4n) is 0.843. The van der Waals surface area contributed by atoms with Crippen molar-refractivity contribution in [2.24, 2.45) is 0 Å². The van der Waals surface area contributed by atoms with E-state index in [1.807, 2.05) is 11.8 Å². The standard InChI is InChI=1S/C6H7N3OS2/c10-6(5-1-7-12-9-5)8-4-2-11-3-4/h1,4H,2-3H2,(H,8,10). The summed E-state index contributed by atoms with van der Waals surface area (Å²) in [6.45, 7) is 0. The predicted molar refractivity (Wildman–Crippen MR) is 48.5 cm³/mol. The van der Waals surface area contributed by atoms with Crippen molar-refractivity contribution in [3.63, 3.8) is 0 Å². The molecule has 12 heavy (non-hydrogen) atoms. The van der Waals surface area contributed by atoms with Crippen LogP contribution in [0.4, 0.5) is 0 Å². The summed E-state index contributed by atoms with van der Waals surface area (Å²) in [4.78, 5) is 11.3. The van der Waals surface area contributed by atoms with Gasteiger partial charge in [-0.25, -0.2) is 0 Å². The minimum Gasteiger partial charge on any atom is -0.346 e.